The Kier molecular flexibility index (Phi) is 3.80. The largest absolute Gasteiger partial charge is 0.467 e. The van der Waals surface area contributed by atoms with Gasteiger partial charge in [-0.15, -0.1) is 11.3 Å². The molecule has 0 fully saturated rings. The zero-order valence-corrected chi connectivity index (χ0v) is 14.1. The van der Waals surface area contributed by atoms with E-state index in [9.17, 15) is 9.59 Å². The highest BCUT2D eigenvalue weighted by Gasteiger charge is 2.26. The molecule has 2 heterocycles. The molecule has 2 unspecified atom stereocenters. The highest BCUT2D eigenvalue weighted by Crippen LogP contribution is 2.36. The molecule has 6 heteroatoms. The third-order valence-corrected chi connectivity index (χ3v) is 5.62. The lowest BCUT2D eigenvalue weighted by atomic mass is 9.89. The first-order chi connectivity index (χ1) is 10.4. The summed E-state index contributed by atoms with van der Waals surface area (Å²) in [6, 6.07) is -0.660. The third kappa shape index (κ3) is 2.26. The molecule has 0 radical (unpaired) electrons. The van der Waals surface area contributed by atoms with Crippen LogP contribution in [0.5, 0.6) is 0 Å². The third-order valence-electron chi connectivity index (χ3n) is 4.47. The molecule has 0 bridgehead atoms. The average Bonchev–Trinajstić information content (AvgIpc) is 2.83. The summed E-state index contributed by atoms with van der Waals surface area (Å²) >= 11 is 1.63. The fraction of sp³-hybridized carbons (Fsp3) is 0.562. The lowest BCUT2D eigenvalue weighted by Gasteiger charge is -2.18. The Morgan fingerprint density at radius 3 is 2.91 bits per heavy atom. The second-order valence-electron chi connectivity index (χ2n) is 6.07. The number of thiophene rings is 1. The van der Waals surface area contributed by atoms with Gasteiger partial charge in [0.2, 0.25) is 0 Å². The van der Waals surface area contributed by atoms with Gasteiger partial charge in [0.05, 0.1) is 12.5 Å². The summed E-state index contributed by atoms with van der Waals surface area (Å²) in [5.41, 5.74) is 1.02. The van der Waals surface area contributed by atoms with Gasteiger partial charge >= 0.3 is 5.97 Å². The maximum absolute atomic E-state index is 12.9. The minimum Gasteiger partial charge on any atom is -0.467 e. The van der Waals surface area contributed by atoms with Crippen LogP contribution < -0.4 is 5.56 Å². The van der Waals surface area contributed by atoms with Crippen molar-refractivity contribution in [1.82, 2.24) is 9.55 Å². The van der Waals surface area contributed by atoms with Gasteiger partial charge in [-0.1, -0.05) is 6.92 Å². The Hall–Kier alpha value is -1.69. The molecule has 0 N–H and O–H groups in total. The summed E-state index contributed by atoms with van der Waals surface area (Å²) < 4.78 is 6.23. The maximum atomic E-state index is 12.9. The van der Waals surface area contributed by atoms with Crippen LogP contribution in [0.3, 0.4) is 0 Å². The standard InChI is InChI=1S/C16H20N2O3S/c1-8-5-6-11-12(7-8)22-14-13(11)15(19)18(10(3)17-14)9(2)16(20)21-4/h8-9H,5-7H2,1-4H3. The molecule has 1 aliphatic rings. The fourth-order valence-corrected chi connectivity index (χ4v) is 4.65. The van der Waals surface area contributed by atoms with Crippen LogP contribution in [-0.2, 0) is 22.4 Å². The summed E-state index contributed by atoms with van der Waals surface area (Å²) in [6.07, 6.45) is 3.03. The number of nitrogens with zero attached hydrogens (tertiary/aromatic N) is 2. The van der Waals surface area contributed by atoms with E-state index < -0.39 is 12.0 Å². The van der Waals surface area contributed by atoms with Crippen molar-refractivity contribution >= 4 is 27.5 Å². The molecule has 0 aliphatic heterocycles. The smallest absolute Gasteiger partial charge is 0.328 e. The number of aromatic nitrogens is 2. The monoisotopic (exact) mass is 320 g/mol. The number of aryl methyl sites for hydroxylation is 2. The van der Waals surface area contributed by atoms with Crippen molar-refractivity contribution in [3.63, 3.8) is 0 Å². The SMILES string of the molecule is COC(=O)C(C)n1c(C)nc2sc3c(c2c1=O)CCC(C)C3. The van der Waals surface area contributed by atoms with E-state index in [0.717, 1.165) is 29.7 Å². The lowest BCUT2D eigenvalue weighted by Crippen LogP contribution is -2.31. The van der Waals surface area contributed by atoms with Crippen molar-refractivity contribution in [2.24, 2.45) is 5.92 Å². The highest BCUT2D eigenvalue weighted by atomic mass is 32.1. The van der Waals surface area contributed by atoms with Crippen LogP contribution in [0.4, 0.5) is 0 Å². The normalized spacial score (nSPS) is 19.0. The van der Waals surface area contributed by atoms with Gasteiger partial charge in [-0.25, -0.2) is 9.78 Å². The molecule has 22 heavy (non-hydrogen) atoms. The van der Waals surface area contributed by atoms with Crippen molar-refractivity contribution in [3.05, 3.63) is 26.6 Å². The van der Waals surface area contributed by atoms with E-state index in [1.54, 1.807) is 25.2 Å². The zero-order chi connectivity index (χ0) is 16.0. The Balaban J connectivity index is 2.24. The molecule has 0 amide bonds. The van der Waals surface area contributed by atoms with Crippen molar-refractivity contribution in [1.29, 1.82) is 0 Å². The molecular weight excluding hydrogens is 300 g/mol. The second-order valence-corrected chi connectivity index (χ2v) is 7.15. The summed E-state index contributed by atoms with van der Waals surface area (Å²) in [4.78, 5) is 31.4. The molecule has 0 spiro atoms. The van der Waals surface area contributed by atoms with Crippen LogP contribution in [0, 0.1) is 12.8 Å². The maximum Gasteiger partial charge on any atom is 0.328 e. The number of esters is 1. The van der Waals surface area contributed by atoms with E-state index in [1.165, 1.54) is 16.6 Å². The summed E-state index contributed by atoms with van der Waals surface area (Å²) in [5, 5.41) is 0.702. The van der Waals surface area contributed by atoms with Gasteiger partial charge in [-0.2, -0.15) is 0 Å². The first-order valence-corrected chi connectivity index (χ1v) is 8.36. The zero-order valence-electron chi connectivity index (χ0n) is 13.3. The van der Waals surface area contributed by atoms with E-state index in [0.29, 0.717) is 17.1 Å². The minimum atomic E-state index is -0.660. The lowest BCUT2D eigenvalue weighted by molar-refractivity contribution is -0.144. The number of carbonyl (C=O) groups excluding carboxylic acids is 1. The van der Waals surface area contributed by atoms with Crippen LogP contribution in [0.25, 0.3) is 10.2 Å². The van der Waals surface area contributed by atoms with Gasteiger partial charge in [-0.05, 0) is 44.6 Å². The fourth-order valence-electron chi connectivity index (χ4n) is 3.24. The number of fused-ring (bicyclic) bond motifs is 3. The number of ether oxygens (including phenoxy) is 1. The number of rotatable bonds is 2. The molecule has 118 valence electrons. The Morgan fingerprint density at radius 1 is 1.50 bits per heavy atom. The van der Waals surface area contributed by atoms with Crippen molar-refractivity contribution < 1.29 is 9.53 Å². The van der Waals surface area contributed by atoms with Crippen LogP contribution in [0.1, 0.15) is 42.6 Å². The van der Waals surface area contributed by atoms with Gasteiger partial charge in [0.15, 0.2) is 0 Å². The summed E-state index contributed by atoms with van der Waals surface area (Å²) in [6.45, 7) is 5.68. The van der Waals surface area contributed by atoms with Crippen LogP contribution in [0.2, 0.25) is 0 Å². The molecule has 0 saturated carbocycles. The molecule has 3 rings (SSSR count). The molecule has 5 nitrogen and oxygen atoms in total. The van der Waals surface area contributed by atoms with Gasteiger partial charge in [0, 0.05) is 4.88 Å². The molecule has 2 aromatic rings. The number of hydrogen-bond donors (Lipinski definition) is 0. The Labute approximate surface area is 132 Å². The summed E-state index contributed by atoms with van der Waals surface area (Å²) in [7, 11) is 1.33. The molecule has 2 aromatic heterocycles. The first kappa shape index (κ1) is 15.2. The van der Waals surface area contributed by atoms with E-state index in [1.807, 2.05) is 0 Å². The quantitative estimate of drug-likeness (QED) is 0.798. The molecular formula is C16H20N2O3S. The van der Waals surface area contributed by atoms with Crippen molar-refractivity contribution in [3.8, 4) is 0 Å². The van der Waals surface area contributed by atoms with Crippen LogP contribution >= 0.6 is 11.3 Å². The molecule has 1 aliphatic carbocycles. The number of carbonyl (C=O) groups is 1. The van der Waals surface area contributed by atoms with Crippen molar-refractivity contribution in [2.75, 3.05) is 7.11 Å². The van der Waals surface area contributed by atoms with Gasteiger partial charge < -0.3 is 4.74 Å². The Bertz CT molecular complexity index is 806. The number of hydrogen-bond acceptors (Lipinski definition) is 5. The minimum absolute atomic E-state index is 0.118. The predicted molar refractivity (Wildman–Crippen MR) is 86.5 cm³/mol. The van der Waals surface area contributed by atoms with Gasteiger partial charge in [0.25, 0.3) is 5.56 Å². The van der Waals surface area contributed by atoms with E-state index in [2.05, 4.69) is 11.9 Å². The molecule has 2 atom stereocenters. The summed E-state index contributed by atoms with van der Waals surface area (Å²) in [5.74, 6) is 0.781. The molecule has 0 saturated heterocycles. The van der Waals surface area contributed by atoms with E-state index >= 15 is 0 Å². The van der Waals surface area contributed by atoms with Crippen molar-refractivity contribution in [2.45, 2.75) is 46.1 Å². The number of methoxy groups -OCH3 is 1. The van der Waals surface area contributed by atoms with E-state index in [4.69, 9.17) is 4.74 Å². The predicted octanol–water partition coefficient (Wildman–Crippen LogP) is 2.63. The first-order valence-electron chi connectivity index (χ1n) is 7.55. The highest BCUT2D eigenvalue weighted by molar-refractivity contribution is 7.18. The van der Waals surface area contributed by atoms with E-state index in [-0.39, 0.29) is 5.56 Å². The average molecular weight is 320 g/mol. The van der Waals surface area contributed by atoms with Crippen LogP contribution in [0.15, 0.2) is 4.79 Å². The van der Waals surface area contributed by atoms with Crippen LogP contribution in [-0.4, -0.2) is 22.6 Å². The topological polar surface area (TPSA) is 61.2 Å². The van der Waals surface area contributed by atoms with Gasteiger partial charge in [0.1, 0.15) is 16.7 Å². The second kappa shape index (κ2) is 5.50. The Morgan fingerprint density at radius 2 is 2.23 bits per heavy atom. The van der Waals surface area contributed by atoms with Gasteiger partial charge in [-0.3, -0.25) is 9.36 Å². The molecule has 0 aromatic carbocycles.